The van der Waals surface area contributed by atoms with E-state index in [1.54, 1.807) is 6.26 Å². The zero-order chi connectivity index (χ0) is 8.60. The SMILES string of the molecule is NC1(c2cc(Br)co2)CCCC1. The average molecular weight is 230 g/mol. The van der Waals surface area contributed by atoms with Crippen molar-refractivity contribution in [2.75, 3.05) is 0 Å². The van der Waals surface area contributed by atoms with E-state index in [1.807, 2.05) is 6.07 Å². The fraction of sp³-hybridized carbons (Fsp3) is 0.556. The monoisotopic (exact) mass is 229 g/mol. The van der Waals surface area contributed by atoms with Gasteiger partial charge in [-0.3, -0.25) is 0 Å². The topological polar surface area (TPSA) is 39.2 Å². The van der Waals surface area contributed by atoms with E-state index in [1.165, 1.54) is 12.8 Å². The lowest BCUT2D eigenvalue weighted by molar-refractivity contribution is 0.349. The molecule has 0 radical (unpaired) electrons. The molecule has 0 spiro atoms. The van der Waals surface area contributed by atoms with Crippen LogP contribution >= 0.6 is 15.9 Å². The Morgan fingerprint density at radius 3 is 2.58 bits per heavy atom. The van der Waals surface area contributed by atoms with Gasteiger partial charge in [-0.25, -0.2) is 0 Å². The molecule has 1 heterocycles. The molecule has 2 nitrogen and oxygen atoms in total. The third kappa shape index (κ3) is 1.31. The Labute approximate surface area is 80.3 Å². The summed E-state index contributed by atoms with van der Waals surface area (Å²) in [5.74, 6) is 0.923. The van der Waals surface area contributed by atoms with Gasteiger partial charge in [0.15, 0.2) is 0 Å². The van der Waals surface area contributed by atoms with Gasteiger partial charge in [-0.2, -0.15) is 0 Å². The first kappa shape index (κ1) is 8.32. The molecule has 0 aromatic carbocycles. The molecule has 2 N–H and O–H groups in total. The molecule has 1 fully saturated rings. The summed E-state index contributed by atoms with van der Waals surface area (Å²) in [6.07, 6.45) is 6.23. The molecule has 0 bridgehead atoms. The van der Waals surface area contributed by atoms with E-state index in [2.05, 4.69) is 15.9 Å². The number of hydrogen-bond donors (Lipinski definition) is 1. The summed E-state index contributed by atoms with van der Waals surface area (Å²) < 4.78 is 6.36. The highest BCUT2D eigenvalue weighted by Gasteiger charge is 2.33. The van der Waals surface area contributed by atoms with E-state index in [4.69, 9.17) is 10.2 Å². The van der Waals surface area contributed by atoms with Crippen molar-refractivity contribution in [3.63, 3.8) is 0 Å². The fourth-order valence-electron chi connectivity index (χ4n) is 1.83. The van der Waals surface area contributed by atoms with E-state index < -0.39 is 0 Å². The highest BCUT2D eigenvalue weighted by atomic mass is 79.9. The summed E-state index contributed by atoms with van der Waals surface area (Å²) in [7, 11) is 0. The van der Waals surface area contributed by atoms with Crippen LogP contribution in [0.15, 0.2) is 21.2 Å². The van der Waals surface area contributed by atoms with Crippen LogP contribution in [0, 0.1) is 0 Å². The minimum Gasteiger partial charge on any atom is -0.466 e. The molecule has 0 atom stereocenters. The molecule has 0 saturated heterocycles. The van der Waals surface area contributed by atoms with Crippen molar-refractivity contribution in [3.8, 4) is 0 Å². The molecular formula is C9H12BrNO. The lowest BCUT2D eigenvalue weighted by Crippen LogP contribution is -2.32. The second kappa shape index (κ2) is 2.89. The summed E-state index contributed by atoms with van der Waals surface area (Å²) >= 11 is 3.35. The fourth-order valence-corrected chi connectivity index (χ4v) is 2.13. The number of furan rings is 1. The van der Waals surface area contributed by atoms with Crippen molar-refractivity contribution in [1.82, 2.24) is 0 Å². The minimum absolute atomic E-state index is 0.188. The van der Waals surface area contributed by atoms with Crippen LogP contribution in [0.1, 0.15) is 31.4 Å². The lowest BCUT2D eigenvalue weighted by Gasteiger charge is -2.19. The van der Waals surface area contributed by atoms with E-state index >= 15 is 0 Å². The first-order valence-corrected chi connectivity index (χ1v) is 5.03. The van der Waals surface area contributed by atoms with Gasteiger partial charge in [0.25, 0.3) is 0 Å². The van der Waals surface area contributed by atoms with Gasteiger partial charge in [0.1, 0.15) is 12.0 Å². The highest BCUT2D eigenvalue weighted by Crippen LogP contribution is 2.37. The molecule has 1 aliphatic rings. The van der Waals surface area contributed by atoms with Gasteiger partial charge in [0.2, 0.25) is 0 Å². The van der Waals surface area contributed by atoms with Gasteiger partial charge in [-0.05, 0) is 34.8 Å². The molecule has 12 heavy (non-hydrogen) atoms. The van der Waals surface area contributed by atoms with Crippen LogP contribution < -0.4 is 5.73 Å². The maximum Gasteiger partial charge on any atom is 0.124 e. The summed E-state index contributed by atoms with van der Waals surface area (Å²) in [6.45, 7) is 0. The van der Waals surface area contributed by atoms with Gasteiger partial charge in [0, 0.05) is 0 Å². The molecule has 1 saturated carbocycles. The predicted octanol–water partition coefficient (Wildman–Crippen LogP) is 2.77. The average Bonchev–Trinajstić information content (AvgIpc) is 2.59. The first-order chi connectivity index (χ1) is 5.71. The molecule has 1 aromatic heterocycles. The molecule has 0 unspecified atom stereocenters. The van der Waals surface area contributed by atoms with E-state index in [9.17, 15) is 0 Å². The van der Waals surface area contributed by atoms with Crippen LogP contribution in [0.5, 0.6) is 0 Å². The largest absolute Gasteiger partial charge is 0.466 e. The van der Waals surface area contributed by atoms with Crippen LogP contribution in [-0.4, -0.2) is 0 Å². The van der Waals surface area contributed by atoms with Gasteiger partial charge in [0.05, 0.1) is 10.0 Å². The quantitative estimate of drug-likeness (QED) is 0.805. The van der Waals surface area contributed by atoms with Crippen LogP contribution in [0.3, 0.4) is 0 Å². The van der Waals surface area contributed by atoms with Gasteiger partial charge in [-0.15, -0.1) is 0 Å². The van der Waals surface area contributed by atoms with Crippen LogP contribution in [-0.2, 0) is 5.54 Å². The van der Waals surface area contributed by atoms with Crippen LogP contribution in [0.25, 0.3) is 0 Å². The van der Waals surface area contributed by atoms with Crippen molar-refractivity contribution in [2.45, 2.75) is 31.2 Å². The summed E-state index contributed by atoms with van der Waals surface area (Å²) in [4.78, 5) is 0. The van der Waals surface area contributed by atoms with E-state index in [0.717, 1.165) is 23.1 Å². The van der Waals surface area contributed by atoms with Crippen LogP contribution in [0.4, 0.5) is 0 Å². The number of hydrogen-bond acceptors (Lipinski definition) is 2. The smallest absolute Gasteiger partial charge is 0.124 e. The van der Waals surface area contributed by atoms with Crippen molar-refractivity contribution >= 4 is 15.9 Å². The van der Waals surface area contributed by atoms with Gasteiger partial charge >= 0.3 is 0 Å². The normalized spacial score (nSPS) is 21.5. The minimum atomic E-state index is -0.188. The van der Waals surface area contributed by atoms with Crippen LogP contribution in [0.2, 0.25) is 0 Å². The Kier molecular flexibility index (Phi) is 2.00. The molecule has 2 rings (SSSR count). The number of halogens is 1. The van der Waals surface area contributed by atoms with Crippen molar-refractivity contribution in [3.05, 3.63) is 22.6 Å². The molecule has 1 aliphatic carbocycles. The first-order valence-electron chi connectivity index (χ1n) is 4.24. The zero-order valence-corrected chi connectivity index (χ0v) is 8.43. The predicted molar refractivity (Wildman–Crippen MR) is 50.7 cm³/mol. The highest BCUT2D eigenvalue weighted by molar-refractivity contribution is 9.10. The Bertz CT molecular complexity index is 276. The number of nitrogens with two attached hydrogens (primary N) is 1. The standard InChI is InChI=1S/C9H12BrNO/c10-7-5-8(12-6-7)9(11)3-1-2-4-9/h5-6H,1-4,11H2. The Balaban J connectivity index is 2.28. The number of rotatable bonds is 1. The molecule has 1 aromatic rings. The Hall–Kier alpha value is -0.280. The molecular weight excluding hydrogens is 218 g/mol. The Morgan fingerprint density at radius 2 is 2.08 bits per heavy atom. The maximum absolute atomic E-state index is 6.18. The maximum atomic E-state index is 6.18. The van der Waals surface area contributed by atoms with Crippen molar-refractivity contribution in [2.24, 2.45) is 5.73 Å². The summed E-state index contributed by atoms with van der Waals surface area (Å²) in [5.41, 5.74) is 5.99. The second-order valence-electron chi connectivity index (χ2n) is 3.49. The lowest BCUT2D eigenvalue weighted by atomic mass is 9.96. The third-order valence-electron chi connectivity index (χ3n) is 2.55. The molecule has 66 valence electrons. The van der Waals surface area contributed by atoms with Gasteiger partial charge in [-0.1, -0.05) is 12.8 Å². The second-order valence-corrected chi connectivity index (χ2v) is 4.41. The molecule has 3 heteroatoms. The zero-order valence-electron chi connectivity index (χ0n) is 6.85. The third-order valence-corrected chi connectivity index (χ3v) is 2.97. The van der Waals surface area contributed by atoms with Gasteiger partial charge < -0.3 is 10.2 Å². The summed E-state index contributed by atoms with van der Waals surface area (Å²) in [5, 5.41) is 0. The molecule has 0 aliphatic heterocycles. The molecule has 0 amide bonds. The Morgan fingerprint density at radius 1 is 1.42 bits per heavy atom. The van der Waals surface area contributed by atoms with Crippen molar-refractivity contribution in [1.29, 1.82) is 0 Å². The summed E-state index contributed by atoms with van der Waals surface area (Å²) in [6, 6.07) is 1.98. The van der Waals surface area contributed by atoms with Crippen molar-refractivity contribution < 1.29 is 4.42 Å². The van der Waals surface area contributed by atoms with E-state index in [0.29, 0.717) is 0 Å². The van der Waals surface area contributed by atoms with E-state index in [-0.39, 0.29) is 5.54 Å².